The third kappa shape index (κ3) is 2.83. The van der Waals surface area contributed by atoms with E-state index in [0.29, 0.717) is 11.7 Å². The number of amides is 1. The second-order valence-corrected chi connectivity index (χ2v) is 8.33. The second kappa shape index (κ2) is 5.01. The zero-order chi connectivity index (χ0) is 13.6. The van der Waals surface area contributed by atoms with Crippen LogP contribution in [0.15, 0.2) is 4.99 Å². The zero-order valence-corrected chi connectivity index (χ0v) is 13.1. The molecule has 2 atom stereocenters. The lowest BCUT2D eigenvalue weighted by Crippen LogP contribution is -2.50. The van der Waals surface area contributed by atoms with Crippen LogP contribution in [0.25, 0.3) is 0 Å². The van der Waals surface area contributed by atoms with E-state index in [-0.39, 0.29) is 11.8 Å². The molecule has 3 aliphatic rings. The van der Waals surface area contributed by atoms with Crippen molar-refractivity contribution in [3.63, 3.8) is 0 Å². The lowest BCUT2D eigenvalue weighted by molar-refractivity contribution is -0.133. The van der Waals surface area contributed by atoms with Crippen LogP contribution in [0.1, 0.15) is 13.3 Å². The highest BCUT2D eigenvalue weighted by atomic mass is 35.5. The number of thioether (sulfide) groups is 1. The lowest BCUT2D eigenvalue weighted by Gasteiger charge is -2.35. The van der Waals surface area contributed by atoms with Crippen LogP contribution in [0.5, 0.6) is 0 Å². The maximum absolute atomic E-state index is 12.2. The second-order valence-electron chi connectivity index (χ2n) is 5.38. The number of aliphatic imine (C=N–C) groups is 1. The van der Waals surface area contributed by atoms with Crippen molar-refractivity contribution in [2.75, 3.05) is 32.7 Å². The van der Waals surface area contributed by atoms with E-state index in [4.69, 9.17) is 23.2 Å². The molecule has 0 unspecified atom stereocenters. The molecule has 2 fully saturated rings. The van der Waals surface area contributed by atoms with Crippen molar-refractivity contribution < 1.29 is 4.79 Å². The Bertz CT molecular complexity index is 421. The Morgan fingerprint density at radius 3 is 2.47 bits per heavy atom. The number of hydrogen-bond acceptors (Lipinski definition) is 4. The summed E-state index contributed by atoms with van der Waals surface area (Å²) in [7, 11) is 0. The summed E-state index contributed by atoms with van der Waals surface area (Å²) >= 11 is 13.7. The smallest absolute Gasteiger partial charge is 0.228 e. The fourth-order valence-electron chi connectivity index (χ4n) is 2.46. The highest BCUT2D eigenvalue weighted by molar-refractivity contribution is 8.14. The summed E-state index contributed by atoms with van der Waals surface area (Å²) in [5, 5.41) is 1.71. The number of alkyl halides is 2. The Labute approximate surface area is 127 Å². The molecule has 0 radical (unpaired) electrons. The summed E-state index contributed by atoms with van der Waals surface area (Å²) < 4.78 is -0.810. The van der Waals surface area contributed by atoms with E-state index in [1.807, 2.05) is 16.7 Å². The van der Waals surface area contributed by atoms with E-state index < -0.39 is 4.33 Å². The van der Waals surface area contributed by atoms with Gasteiger partial charge in [-0.3, -0.25) is 9.79 Å². The quantitative estimate of drug-likeness (QED) is 0.691. The van der Waals surface area contributed by atoms with Gasteiger partial charge in [0.05, 0.1) is 12.5 Å². The molecule has 4 nitrogen and oxygen atoms in total. The van der Waals surface area contributed by atoms with E-state index in [1.165, 1.54) is 0 Å². The SMILES string of the molecule is C[C@@H]1CN=C(N2CCN(C(=O)[C@@H]3CC3(Cl)Cl)CC2)S1. The molecular weight excluding hydrogens is 305 g/mol. The van der Waals surface area contributed by atoms with Crippen molar-refractivity contribution in [1.29, 1.82) is 0 Å². The van der Waals surface area contributed by atoms with Crippen LogP contribution in [-0.4, -0.2) is 63.2 Å². The van der Waals surface area contributed by atoms with E-state index in [0.717, 1.165) is 37.9 Å². The average Bonchev–Trinajstić information content (AvgIpc) is 2.82. The predicted molar refractivity (Wildman–Crippen MR) is 80.1 cm³/mol. The number of amidine groups is 1. The van der Waals surface area contributed by atoms with Gasteiger partial charge in [0.2, 0.25) is 5.91 Å². The normalized spacial score (nSPS) is 33.3. The molecule has 106 valence electrons. The van der Waals surface area contributed by atoms with Crippen molar-refractivity contribution in [2.24, 2.45) is 10.9 Å². The summed E-state index contributed by atoms with van der Waals surface area (Å²) in [5.74, 6) is -0.0837. The maximum Gasteiger partial charge on any atom is 0.228 e. The van der Waals surface area contributed by atoms with Crippen LogP contribution >= 0.6 is 35.0 Å². The van der Waals surface area contributed by atoms with E-state index in [1.54, 1.807) is 0 Å². The minimum absolute atomic E-state index is 0.110. The van der Waals surface area contributed by atoms with E-state index in [9.17, 15) is 4.79 Å². The van der Waals surface area contributed by atoms with Crippen molar-refractivity contribution in [3.8, 4) is 0 Å². The molecule has 0 aromatic rings. The highest BCUT2D eigenvalue weighted by Gasteiger charge is 2.57. The van der Waals surface area contributed by atoms with Gasteiger partial charge in [-0.25, -0.2) is 0 Å². The summed E-state index contributed by atoms with van der Waals surface area (Å²) in [6, 6.07) is 0. The Morgan fingerprint density at radius 2 is 2.00 bits per heavy atom. The van der Waals surface area contributed by atoms with Gasteiger partial charge >= 0.3 is 0 Å². The first kappa shape index (κ1) is 13.8. The molecule has 7 heteroatoms. The number of carbonyl (C=O) groups is 1. The molecule has 1 saturated heterocycles. The minimum Gasteiger partial charge on any atom is -0.348 e. The van der Waals surface area contributed by atoms with Crippen molar-refractivity contribution in [3.05, 3.63) is 0 Å². The molecule has 0 aromatic heterocycles. The fourth-order valence-corrected chi connectivity index (χ4v) is 3.94. The summed E-state index contributed by atoms with van der Waals surface area (Å²) in [5.41, 5.74) is 0. The minimum atomic E-state index is -0.810. The Hall–Kier alpha value is -0.130. The Balaban J connectivity index is 1.51. The van der Waals surface area contributed by atoms with Crippen LogP contribution in [0, 0.1) is 5.92 Å². The van der Waals surface area contributed by atoms with Gasteiger partial charge in [-0.1, -0.05) is 18.7 Å². The third-order valence-electron chi connectivity index (χ3n) is 3.78. The first-order chi connectivity index (χ1) is 8.97. The average molecular weight is 322 g/mol. The number of piperazine rings is 1. The molecule has 0 N–H and O–H groups in total. The maximum atomic E-state index is 12.2. The highest BCUT2D eigenvalue weighted by Crippen LogP contribution is 2.53. The first-order valence-corrected chi connectivity index (χ1v) is 8.23. The third-order valence-corrected chi connectivity index (χ3v) is 5.76. The summed E-state index contributed by atoms with van der Waals surface area (Å²) in [6.07, 6.45) is 0.592. The largest absolute Gasteiger partial charge is 0.348 e. The molecule has 19 heavy (non-hydrogen) atoms. The van der Waals surface area contributed by atoms with Crippen LogP contribution in [0.4, 0.5) is 0 Å². The van der Waals surface area contributed by atoms with Gasteiger partial charge in [-0.15, -0.1) is 23.2 Å². The predicted octanol–water partition coefficient (Wildman–Crippen LogP) is 1.82. The molecule has 0 spiro atoms. The molecule has 2 heterocycles. The summed E-state index contributed by atoms with van der Waals surface area (Å²) in [4.78, 5) is 20.9. The van der Waals surface area contributed by atoms with E-state index >= 15 is 0 Å². The number of rotatable bonds is 1. The Kier molecular flexibility index (Phi) is 3.65. The van der Waals surface area contributed by atoms with Crippen LogP contribution in [0.2, 0.25) is 0 Å². The number of nitrogens with zero attached hydrogens (tertiary/aromatic N) is 3. The van der Waals surface area contributed by atoms with Gasteiger partial charge < -0.3 is 9.80 Å². The molecule has 1 aliphatic carbocycles. The van der Waals surface area contributed by atoms with Gasteiger partial charge in [-0.05, 0) is 6.42 Å². The number of carbonyl (C=O) groups excluding carboxylic acids is 1. The number of hydrogen-bond donors (Lipinski definition) is 0. The van der Waals surface area contributed by atoms with Gasteiger partial charge in [-0.2, -0.15) is 0 Å². The molecule has 1 saturated carbocycles. The van der Waals surface area contributed by atoms with Crippen LogP contribution < -0.4 is 0 Å². The lowest BCUT2D eigenvalue weighted by atomic mass is 10.3. The molecule has 0 bridgehead atoms. The monoisotopic (exact) mass is 321 g/mol. The van der Waals surface area contributed by atoms with Crippen LogP contribution in [-0.2, 0) is 4.79 Å². The van der Waals surface area contributed by atoms with Crippen molar-refractivity contribution in [2.45, 2.75) is 22.9 Å². The molecule has 1 amide bonds. The van der Waals surface area contributed by atoms with Gasteiger partial charge in [0.15, 0.2) is 5.17 Å². The van der Waals surface area contributed by atoms with Gasteiger partial charge in [0.25, 0.3) is 0 Å². The van der Waals surface area contributed by atoms with Crippen molar-refractivity contribution in [1.82, 2.24) is 9.80 Å². The summed E-state index contributed by atoms with van der Waals surface area (Å²) in [6.45, 7) is 6.29. The topological polar surface area (TPSA) is 35.9 Å². The standard InChI is InChI=1S/C12H17Cl2N3OS/c1-8-7-15-11(19-8)17-4-2-16(3-5-17)10(18)9-6-12(9,13)14/h8-9H,2-7H2,1H3/t8-,9+/m1/s1. The zero-order valence-electron chi connectivity index (χ0n) is 10.8. The van der Waals surface area contributed by atoms with Gasteiger partial charge in [0, 0.05) is 31.4 Å². The molecule has 3 rings (SSSR count). The molecule has 2 aliphatic heterocycles. The van der Waals surface area contributed by atoms with Crippen molar-refractivity contribution >= 4 is 46.0 Å². The molecule has 0 aromatic carbocycles. The van der Waals surface area contributed by atoms with E-state index in [2.05, 4.69) is 16.8 Å². The number of halogens is 2. The first-order valence-electron chi connectivity index (χ1n) is 6.60. The van der Waals surface area contributed by atoms with Crippen LogP contribution in [0.3, 0.4) is 0 Å². The van der Waals surface area contributed by atoms with Gasteiger partial charge in [0.1, 0.15) is 4.33 Å². The fraction of sp³-hybridized carbons (Fsp3) is 0.833. The molecular formula is C12H17Cl2N3OS. The Morgan fingerprint density at radius 1 is 1.37 bits per heavy atom.